The van der Waals surface area contributed by atoms with Crippen molar-refractivity contribution in [2.24, 2.45) is 11.8 Å². The van der Waals surface area contributed by atoms with E-state index in [4.69, 9.17) is 4.74 Å². The maximum absolute atomic E-state index is 14.1. The average Bonchev–Trinajstić information content (AvgIpc) is 3.02. The summed E-state index contributed by atoms with van der Waals surface area (Å²) in [5, 5.41) is 0. The van der Waals surface area contributed by atoms with Gasteiger partial charge in [-0.2, -0.15) is 0 Å². The second-order valence-electron chi connectivity index (χ2n) is 11.2. The Morgan fingerprint density at radius 1 is 0.905 bits per heavy atom. The third-order valence-corrected chi connectivity index (χ3v) is 8.39. The van der Waals surface area contributed by atoms with Gasteiger partial charge in [0.05, 0.1) is 18.2 Å². The quantitative estimate of drug-likeness (QED) is 0.310. The lowest BCUT2D eigenvalue weighted by molar-refractivity contribution is 0.0648. The van der Waals surface area contributed by atoms with Crippen LogP contribution in [0, 0.1) is 23.5 Å². The molecular formula is C33H35F2N3O4. The highest BCUT2D eigenvalue weighted by atomic mass is 19.1. The van der Waals surface area contributed by atoms with Gasteiger partial charge in [0.25, 0.3) is 5.91 Å². The monoisotopic (exact) mass is 575 g/mol. The van der Waals surface area contributed by atoms with Crippen molar-refractivity contribution in [3.63, 3.8) is 0 Å². The zero-order chi connectivity index (χ0) is 29.6. The molecule has 0 bridgehead atoms. The minimum Gasteiger partial charge on any atom is -0.497 e. The number of amides is 1. The first-order chi connectivity index (χ1) is 20.3. The number of halogens is 2. The Hall–Kier alpha value is -3.98. The molecule has 0 aliphatic carbocycles. The van der Waals surface area contributed by atoms with E-state index < -0.39 is 17.6 Å². The molecule has 42 heavy (non-hydrogen) atoms. The molecule has 1 aromatic heterocycles. The summed E-state index contributed by atoms with van der Waals surface area (Å²) in [6.07, 6.45) is 4.56. The van der Waals surface area contributed by atoms with E-state index in [0.29, 0.717) is 55.6 Å². The number of rotatable bonds is 9. The zero-order valence-corrected chi connectivity index (χ0v) is 23.7. The van der Waals surface area contributed by atoms with Crippen LogP contribution in [0.15, 0.2) is 60.8 Å². The van der Waals surface area contributed by atoms with Crippen LogP contribution < -0.4 is 4.74 Å². The Labute approximate surface area is 244 Å². The third kappa shape index (κ3) is 7.07. The fraction of sp³-hybridized carbons (Fsp3) is 0.394. The normalized spacial score (nSPS) is 16.8. The number of carbonyl (C=O) groups is 3. The molecule has 0 unspecified atom stereocenters. The summed E-state index contributed by atoms with van der Waals surface area (Å²) in [6, 6.07) is 14.3. The van der Waals surface area contributed by atoms with Crippen LogP contribution in [0.2, 0.25) is 0 Å². The molecule has 9 heteroatoms. The molecule has 1 amide bonds. The first-order valence-corrected chi connectivity index (χ1v) is 14.4. The van der Waals surface area contributed by atoms with Gasteiger partial charge in [-0.15, -0.1) is 0 Å². The number of ether oxygens (including phenoxy) is 1. The number of aromatic nitrogens is 1. The molecule has 0 radical (unpaired) electrons. The topological polar surface area (TPSA) is 79.8 Å². The lowest BCUT2D eigenvalue weighted by atomic mass is 9.88. The summed E-state index contributed by atoms with van der Waals surface area (Å²) in [4.78, 5) is 47.0. The number of likely N-dealkylation sites (tertiary alicyclic amines) is 2. The highest BCUT2D eigenvalue weighted by Gasteiger charge is 2.30. The van der Waals surface area contributed by atoms with Gasteiger partial charge in [-0.05, 0) is 86.7 Å². The Kier molecular flexibility index (Phi) is 9.37. The van der Waals surface area contributed by atoms with E-state index >= 15 is 0 Å². The standard InChI is InChI=1S/C33H35F2N3O4/c1-42-27-6-2-23(3-7-27)21-37-14-10-22(11-15-37)18-31(39)30-9-4-25(20-36-30)33(41)38-16-12-24(13-17-38)32(40)28-8-5-26(34)19-29(28)35/h2-9,19-20,22,24H,10-18,21H2,1H3. The number of pyridine rings is 1. The van der Waals surface area contributed by atoms with Crippen LogP contribution in [0.25, 0.3) is 0 Å². The summed E-state index contributed by atoms with van der Waals surface area (Å²) in [7, 11) is 1.66. The van der Waals surface area contributed by atoms with E-state index in [2.05, 4.69) is 22.0 Å². The molecule has 3 aromatic rings. The highest BCUT2D eigenvalue weighted by molar-refractivity contribution is 5.99. The van der Waals surface area contributed by atoms with Gasteiger partial charge in [-0.3, -0.25) is 24.3 Å². The van der Waals surface area contributed by atoms with E-state index in [1.165, 1.54) is 17.8 Å². The van der Waals surface area contributed by atoms with Crippen LogP contribution in [0.4, 0.5) is 8.78 Å². The minimum atomic E-state index is -0.866. The Morgan fingerprint density at radius 3 is 2.24 bits per heavy atom. The Morgan fingerprint density at radius 2 is 1.62 bits per heavy atom. The predicted molar refractivity (Wildman–Crippen MR) is 153 cm³/mol. The lowest BCUT2D eigenvalue weighted by Gasteiger charge is -2.31. The van der Waals surface area contributed by atoms with Crippen molar-refractivity contribution in [2.75, 3.05) is 33.3 Å². The number of hydrogen-bond acceptors (Lipinski definition) is 6. The number of nitrogens with zero attached hydrogens (tertiary/aromatic N) is 3. The summed E-state index contributed by atoms with van der Waals surface area (Å²) in [6.45, 7) is 3.44. The SMILES string of the molecule is COc1ccc(CN2CCC(CC(=O)c3ccc(C(=O)N4CCC(C(=O)c5ccc(F)cc5F)CC4)cn3)CC2)cc1. The summed E-state index contributed by atoms with van der Waals surface area (Å²) < 4.78 is 32.5. The van der Waals surface area contributed by atoms with Crippen molar-refractivity contribution in [2.45, 2.75) is 38.6 Å². The van der Waals surface area contributed by atoms with Crippen LogP contribution in [0.5, 0.6) is 5.75 Å². The molecule has 220 valence electrons. The van der Waals surface area contributed by atoms with Crippen molar-refractivity contribution in [3.05, 3.63) is 94.8 Å². The van der Waals surface area contributed by atoms with E-state index in [0.717, 1.165) is 44.3 Å². The van der Waals surface area contributed by atoms with E-state index in [1.54, 1.807) is 24.1 Å². The molecule has 3 heterocycles. The number of Topliss-reactive ketones (excluding diaryl/α,β-unsaturated/α-hetero) is 2. The van der Waals surface area contributed by atoms with Crippen molar-refractivity contribution in [3.8, 4) is 5.75 Å². The molecular weight excluding hydrogens is 540 g/mol. The van der Waals surface area contributed by atoms with Gasteiger partial charge in [0.1, 0.15) is 23.1 Å². The van der Waals surface area contributed by atoms with Crippen molar-refractivity contribution >= 4 is 17.5 Å². The predicted octanol–water partition coefficient (Wildman–Crippen LogP) is 5.59. The Bertz CT molecular complexity index is 1410. The molecule has 2 aliphatic rings. The summed E-state index contributed by atoms with van der Waals surface area (Å²) >= 11 is 0. The smallest absolute Gasteiger partial charge is 0.255 e. The minimum absolute atomic E-state index is 0.0186. The molecule has 2 fully saturated rings. The number of ketones is 2. The lowest BCUT2D eigenvalue weighted by Crippen LogP contribution is -2.40. The fourth-order valence-corrected chi connectivity index (χ4v) is 5.83. The van der Waals surface area contributed by atoms with Gasteiger partial charge in [-0.1, -0.05) is 12.1 Å². The van der Waals surface area contributed by atoms with Crippen molar-refractivity contribution in [1.29, 1.82) is 0 Å². The van der Waals surface area contributed by atoms with Gasteiger partial charge in [-0.25, -0.2) is 8.78 Å². The zero-order valence-electron chi connectivity index (χ0n) is 23.7. The second-order valence-corrected chi connectivity index (χ2v) is 11.2. The maximum Gasteiger partial charge on any atom is 0.255 e. The highest BCUT2D eigenvalue weighted by Crippen LogP contribution is 2.26. The fourth-order valence-electron chi connectivity index (χ4n) is 5.83. The first-order valence-electron chi connectivity index (χ1n) is 14.4. The average molecular weight is 576 g/mol. The van der Waals surface area contributed by atoms with Gasteiger partial charge >= 0.3 is 0 Å². The molecule has 7 nitrogen and oxygen atoms in total. The molecule has 2 aliphatic heterocycles. The molecule has 2 aromatic carbocycles. The van der Waals surface area contributed by atoms with Crippen LogP contribution >= 0.6 is 0 Å². The molecule has 0 spiro atoms. The van der Waals surface area contributed by atoms with Crippen molar-refractivity contribution < 1.29 is 27.9 Å². The number of benzene rings is 2. The number of carbonyl (C=O) groups excluding carboxylic acids is 3. The second kappa shape index (κ2) is 13.3. The summed E-state index contributed by atoms with van der Waals surface area (Å²) in [5.74, 6) is -1.48. The molecule has 0 saturated carbocycles. The molecule has 0 atom stereocenters. The van der Waals surface area contributed by atoms with Gasteiger partial charge in [0, 0.05) is 44.2 Å². The van der Waals surface area contributed by atoms with Crippen LogP contribution in [-0.4, -0.2) is 65.5 Å². The van der Waals surface area contributed by atoms with Crippen LogP contribution in [-0.2, 0) is 6.54 Å². The van der Waals surface area contributed by atoms with E-state index in [1.807, 2.05) is 12.1 Å². The first kappa shape index (κ1) is 29.5. The van der Waals surface area contributed by atoms with Gasteiger partial charge < -0.3 is 9.64 Å². The molecule has 5 rings (SSSR count). The molecule has 2 saturated heterocycles. The van der Waals surface area contributed by atoms with Gasteiger partial charge in [0.2, 0.25) is 0 Å². The molecule has 0 N–H and O–H groups in total. The van der Waals surface area contributed by atoms with Gasteiger partial charge in [0.15, 0.2) is 11.6 Å². The maximum atomic E-state index is 14.1. The number of hydrogen-bond donors (Lipinski definition) is 0. The number of methoxy groups -OCH3 is 1. The summed E-state index contributed by atoms with van der Waals surface area (Å²) in [5.41, 5.74) is 1.86. The van der Waals surface area contributed by atoms with E-state index in [9.17, 15) is 23.2 Å². The number of piperidine rings is 2. The Balaban J connectivity index is 1.07. The van der Waals surface area contributed by atoms with Crippen LogP contribution in [0.1, 0.15) is 68.9 Å². The largest absolute Gasteiger partial charge is 0.497 e. The third-order valence-electron chi connectivity index (χ3n) is 8.39. The van der Waals surface area contributed by atoms with E-state index in [-0.39, 0.29) is 23.0 Å². The van der Waals surface area contributed by atoms with Crippen LogP contribution in [0.3, 0.4) is 0 Å². The van der Waals surface area contributed by atoms with Crippen molar-refractivity contribution in [1.82, 2.24) is 14.8 Å².